The Morgan fingerprint density at radius 1 is 1.24 bits per heavy atom. The Bertz CT molecular complexity index is 1200. The first-order chi connectivity index (χ1) is 13.7. The second-order valence-electron chi connectivity index (χ2n) is 6.32. The predicted octanol–water partition coefficient (Wildman–Crippen LogP) is 3.40. The van der Waals surface area contributed by atoms with Crippen molar-refractivity contribution in [2.75, 3.05) is 11.9 Å². The quantitative estimate of drug-likeness (QED) is 0.384. The second kappa shape index (κ2) is 6.90. The van der Waals surface area contributed by atoms with Gasteiger partial charge in [0, 0.05) is 17.2 Å². The SMILES string of the molecule is Cc1cc2sc(NC(=O)CN3C(=O)c4ccc([N+](=O)[O-])cc4C3=O)nc2cc1Cl. The van der Waals surface area contributed by atoms with Crippen molar-refractivity contribution in [3.05, 3.63) is 62.2 Å². The Hall–Kier alpha value is -3.37. The van der Waals surface area contributed by atoms with E-state index in [0.717, 1.165) is 27.3 Å². The van der Waals surface area contributed by atoms with E-state index in [1.807, 2.05) is 13.0 Å². The van der Waals surface area contributed by atoms with Gasteiger partial charge < -0.3 is 5.32 Å². The fourth-order valence-corrected chi connectivity index (χ4v) is 4.06. The molecule has 0 bridgehead atoms. The van der Waals surface area contributed by atoms with E-state index in [1.165, 1.54) is 17.4 Å². The molecule has 0 aliphatic carbocycles. The van der Waals surface area contributed by atoms with Crippen LogP contribution >= 0.6 is 22.9 Å². The number of carbonyl (C=O) groups is 3. The number of nitrogens with one attached hydrogen (secondary N) is 1. The third-order valence-electron chi connectivity index (χ3n) is 4.38. The van der Waals surface area contributed by atoms with E-state index in [0.29, 0.717) is 15.7 Å². The number of imide groups is 1. The summed E-state index contributed by atoms with van der Waals surface area (Å²) in [4.78, 5) is 52.5. The lowest BCUT2D eigenvalue weighted by Crippen LogP contribution is -2.37. The minimum atomic E-state index is -0.754. The molecule has 2 heterocycles. The van der Waals surface area contributed by atoms with Crippen molar-refractivity contribution in [2.24, 2.45) is 0 Å². The van der Waals surface area contributed by atoms with Gasteiger partial charge in [-0.2, -0.15) is 0 Å². The number of aromatic nitrogens is 1. The zero-order chi connectivity index (χ0) is 20.9. The molecular weight excluding hydrogens is 420 g/mol. The summed E-state index contributed by atoms with van der Waals surface area (Å²) < 4.78 is 0.829. The fourth-order valence-electron chi connectivity index (χ4n) is 2.94. The van der Waals surface area contributed by atoms with Crippen LogP contribution in [0.2, 0.25) is 5.02 Å². The van der Waals surface area contributed by atoms with E-state index in [2.05, 4.69) is 10.3 Å². The van der Waals surface area contributed by atoms with Crippen LogP contribution in [-0.4, -0.2) is 39.1 Å². The van der Waals surface area contributed by atoms with Crippen LogP contribution in [0.15, 0.2) is 30.3 Å². The number of nitro groups is 1. The highest BCUT2D eigenvalue weighted by molar-refractivity contribution is 7.22. The molecule has 29 heavy (non-hydrogen) atoms. The van der Waals surface area contributed by atoms with E-state index in [4.69, 9.17) is 11.6 Å². The Labute approximate surface area is 172 Å². The molecule has 0 spiro atoms. The highest BCUT2D eigenvalue weighted by Gasteiger charge is 2.37. The van der Waals surface area contributed by atoms with E-state index in [9.17, 15) is 24.5 Å². The first-order valence-electron chi connectivity index (χ1n) is 8.26. The molecule has 1 aromatic heterocycles. The molecular formula is C18H11ClN4O5S. The van der Waals surface area contributed by atoms with Crippen molar-refractivity contribution in [1.82, 2.24) is 9.88 Å². The summed E-state index contributed by atoms with van der Waals surface area (Å²) in [7, 11) is 0. The van der Waals surface area contributed by atoms with Crippen molar-refractivity contribution in [1.29, 1.82) is 0 Å². The smallest absolute Gasteiger partial charge is 0.270 e. The molecule has 11 heteroatoms. The Balaban J connectivity index is 1.52. The van der Waals surface area contributed by atoms with Crippen LogP contribution < -0.4 is 5.32 Å². The van der Waals surface area contributed by atoms with Gasteiger partial charge in [0.05, 0.1) is 26.3 Å². The fraction of sp³-hybridized carbons (Fsp3) is 0.111. The third kappa shape index (κ3) is 3.32. The second-order valence-corrected chi connectivity index (χ2v) is 7.76. The average molecular weight is 431 g/mol. The van der Waals surface area contributed by atoms with Crippen LogP contribution in [0.4, 0.5) is 10.8 Å². The predicted molar refractivity (Wildman–Crippen MR) is 106 cm³/mol. The number of hydrogen-bond donors (Lipinski definition) is 1. The van der Waals surface area contributed by atoms with Gasteiger partial charge in [-0.3, -0.25) is 29.4 Å². The van der Waals surface area contributed by atoms with Gasteiger partial charge in [0.15, 0.2) is 5.13 Å². The van der Waals surface area contributed by atoms with Crippen LogP contribution in [0.25, 0.3) is 10.2 Å². The van der Waals surface area contributed by atoms with Gasteiger partial charge >= 0.3 is 0 Å². The van der Waals surface area contributed by atoms with Crippen molar-refractivity contribution in [2.45, 2.75) is 6.92 Å². The summed E-state index contributed by atoms with van der Waals surface area (Å²) >= 11 is 7.31. The summed E-state index contributed by atoms with van der Waals surface area (Å²) in [6.45, 7) is 1.32. The van der Waals surface area contributed by atoms with E-state index in [-0.39, 0.29) is 16.8 Å². The van der Waals surface area contributed by atoms with E-state index >= 15 is 0 Å². The number of halogens is 1. The molecule has 3 amide bonds. The summed E-state index contributed by atoms with van der Waals surface area (Å²) in [6.07, 6.45) is 0. The van der Waals surface area contributed by atoms with Gasteiger partial charge in [0.1, 0.15) is 6.54 Å². The molecule has 4 rings (SSSR count). The summed E-state index contributed by atoms with van der Waals surface area (Å²) in [6, 6.07) is 6.93. The summed E-state index contributed by atoms with van der Waals surface area (Å²) in [5.41, 5.74) is 1.12. The van der Waals surface area contributed by atoms with Gasteiger partial charge in [-0.05, 0) is 30.7 Å². The summed E-state index contributed by atoms with van der Waals surface area (Å²) in [5.74, 6) is -2.05. The van der Waals surface area contributed by atoms with Crippen LogP contribution in [0.1, 0.15) is 26.3 Å². The maximum Gasteiger partial charge on any atom is 0.270 e. The maximum atomic E-state index is 12.5. The lowest BCUT2D eigenvalue weighted by Gasteiger charge is -2.12. The van der Waals surface area contributed by atoms with Crippen LogP contribution in [0.3, 0.4) is 0 Å². The van der Waals surface area contributed by atoms with Crippen molar-refractivity contribution in [3.8, 4) is 0 Å². The van der Waals surface area contributed by atoms with Gasteiger partial charge in [0.25, 0.3) is 17.5 Å². The lowest BCUT2D eigenvalue weighted by molar-refractivity contribution is -0.384. The number of hydrogen-bond acceptors (Lipinski definition) is 7. The van der Waals surface area contributed by atoms with Gasteiger partial charge in [-0.25, -0.2) is 4.98 Å². The number of nitro benzene ring substituents is 1. The maximum absolute atomic E-state index is 12.5. The first-order valence-corrected chi connectivity index (χ1v) is 9.45. The Morgan fingerprint density at radius 3 is 2.69 bits per heavy atom. The number of aryl methyl sites for hydroxylation is 1. The molecule has 3 aromatic rings. The van der Waals surface area contributed by atoms with Gasteiger partial charge in [0.2, 0.25) is 5.91 Å². The number of benzene rings is 2. The number of carbonyl (C=O) groups excluding carboxylic acids is 3. The van der Waals surface area contributed by atoms with Crippen LogP contribution in [-0.2, 0) is 4.79 Å². The zero-order valence-corrected chi connectivity index (χ0v) is 16.3. The molecule has 0 atom stereocenters. The highest BCUT2D eigenvalue weighted by Crippen LogP contribution is 2.31. The van der Waals surface area contributed by atoms with Crippen molar-refractivity contribution in [3.63, 3.8) is 0 Å². The Morgan fingerprint density at radius 2 is 1.97 bits per heavy atom. The molecule has 0 saturated heterocycles. The molecule has 0 saturated carbocycles. The monoisotopic (exact) mass is 430 g/mol. The lowest BCUT2D eigenvalue weighted by atomic mass is 10.1. The number of rotatable bonds is 4. The topological polar surface area (TPSA) is 123 Å². The largest absolute Gasteiger partial charge is 0.300 e. The minimum Gasteiger partial charge on any atom is -0.300 e. The molecule has 1 N–H and O–H groups in total. The highest BCUT2D eigenvalue weighted by atomic mass is 35.5. The molecule has 0 radical (unpaired) electrons. The molecule has 2 aromatic carbocycles. The van der Waals surface area contributed by atoms with Crippen LogP contribution in [0.5, 0.6) is 0 Å². The molecule has 9 nitrogen and oxygen atoms in total. The molecule has 1 aliphatic rings. The zero-order valence-electron chi connectivity index (χ0n) is 14.8. The summed E-state index contributed by atoms with van der Waals surface area (Å²) in [5, 5.41) is 14.3. The number of non-ortho nitro benzene ring substituents is 1. The number of nitrogens with zero attached hydrogens (tertiary/aromatic N) is 3. The molecule has 0 unspecified atom stereocenters. The average Bonchev–Trinajstić information content (AvgIpc) is 3.15. The number of fused-ring (bicyclic) bond motifs is 2. The van der Waals surface area contributed by atoms with Crippen molar-refractivity contribution < 1.29 is 19.3 Å². The Kier molecular flexibility index (Phi) is 4.52. The molecule has 1 aliphatic heterocycles. The third-order valence-corrected chi connectivity index (χ3v) is 5.72. The van der Waals surface area contributed by atoms with Gasteiger partial charge in [-0.1, -0.05) is 22.9 Å². The number of amides is 3. The van der Waals surface area contributed by atoms with Crippen molar-refractivity contribution >= 4 is 61.7 Å². The minimum absolute atomic E-state index is 0.0264. The number of anilines is 1. The first kappa shape index (κ1) is 19.0. The molecule has 0 fully saturated rings. The van der Waals surface area contributed by atoms with Gasteiger partial charge in [-0.15, -0.1) is 0 Å². The molecule has 146 valence electrons. The standard InChI is InChI=1S/C18H11ClN4O5S/c1-8-4-14-13(6-12(8)19)20-18(29-14)21-15(24)7-22-16(25)10-3-2-9(23(27)28)5-11(10)17(22)26/h2-6H,7H2,1H3,(H,20,21,24). The van der Waals surface area contributed by atoms with Crippen LogP contribution in [0, 0.1) is 17.0 Å². The normalized spacial score (nSPS) is 13.1. The van der Waals surface area contributed by atoms with E-state index in [1.54, 1.807) is 6.07 Å². The van der Waals surface area contributed by atoms with E-state index < -0.39 is 29.2 Å². The number of thiazole rings is 1.